The van der Waals surface area contributed by atoms with Gasteiger partial charge in [0, 0.05) is 5.70 Å². The molecule has 0 radical (unpaired) electrons. The lowest BCUT2D eigenvalue weighted by atomic mass is 10.2. The largest absolute Gasteiger partial charge is 0.303 e. The van der Waals surface area contributed by atoms with E-state index in [9.17, 15) is 4.79 Å². The van der Waals surface area contributed by atoms with E-state index >= 15 is 0 Å². The first kappa shape index (κ1) is 5.35. The van der Waals surface area contributed by atoms with Crippen LogP contribution in [-0.4, -0.2) is 16.2 Å². The summed E-state index contributed by atoms with van der Waals surface area (Å²) in [6.45, 7) is 1.98. The summed E-state index contributed by atoms with van der Waals surface area (Å²) in [7, 11) is 0. The number of allylic oxidation sites excluding steroid dienone is 1. The predicted molar refractivity (Wildman–Crippen MR) is 36.6 cm³/mol. The minimum absolute atomic E-state index is 0.277. The molecule has 1 saturated heterocycles. The van der Waals surface area contributed by atoms with Crippen LogP contribution in [0.25, 0.3) is 0 Å². The van der Waals surface area contributed by atoms with Crippen LogP contribution >= 0.6 is 11.8 Å². The van der Waals surface area contributed by atoms with E-state index in [0.717, 1.165) is 12.1 Å². The van der Waals surface area contributed by atoms with Crippen molar-refractivity contribution in [3.63, 3.8) is 0 Å². The summed E-state index contributed by atoms with van der Waals surface area (Å²) in [6.07, 6.45) is 0.735. The van der Waals surface area contributed by atoms with Gasteiger partial charge in [0.2, 0.25) is 5.91 Å². The molecule has 48 valence electrons. The van der Waals surface area contributed by atoms with E-state index in [0.29, 0.717) is 5.37 Å². The molecule has 3 heteroatoms. The highest BCUT2D eigenvalue weighted by atomic mass is 32.2. The molecule has 0 spiro atoms. The van der Waals surface area contributed by atoms with Gasteiger partial charge in [0.1, 0.15) is 0 Å². The Morgan fingerprint density at radius 2 is 2.67 bits per heavy atom. The van der Waals surface area contributed by atoms with Gasteiger partial charge in [-0.2, -0.15) is 0 Å². The summed E-state index contributed by atoms with van der Waals surface area (Å²) in [5.41, 5.74) is 1.11. The van der Waals surface area contributed by atoms with Gasteiger partial charge in [-0.15, -0.1) is 11.8 Å². The molecule has 0 aromatic rings. The molecule has 2 aliphatic rings. The summed E-state index contributed by atoms with van der Waals surface area (Å²) < 4.78 is 0. The smallest absolute Gasteiger partial charge is 0.230 e. The molecule has 0 unspecified atom stereocenters. The number of hydrogen-bond donors (Lipinski definition) is 0. The fourth-order valence-corrected chi connectivity index (χ4v) is 2.27. The molecule has 1 atom stereocenters. The fourth-order valence-electron chi connectivity index (χ4n) is 1.15. The lowest BCUT2D eigenvalue weighted by Crippen LogP contribution is -2.46. The molecule has 1 fully saturated rings. The van der Waals surface area contributed by atoms with Gasteiger partial charge < -0.3 is 4.90 Å². The predicted octanol–water partition coefficient (Wildman–Crippen LogP) is 1.15. The molecule has 0 aromatic heterocycles. The number of hydrogen-bond acceptors (Lipinski definition) is 2. The molecule has 0 aliphatic carbocycles. The fraction of sp³-hybridized carbons (Fsp3) is 0.500. The SMILES string of the molecule is CC1=CS[C@H]2CC(=O)N12. The number of carbonyl (C=O) groups is 1. The number of amides is 1. The van der Waals surface area contributed by atoms with Crippen molar-refractivity contribution in [3.05, 3.63) is 11.1 Å². The number of carbonyl (C=O) groups excluding carboxylic acids is 1. The van der Waals surface area contributed by atoms with Crippen molar-refractivity contribution in [1.29, 1.82) is 0 Å². The summed E-state index contributed by atoms with van der Waals surface area (Å²) in [5.74, 6) is 0.277. The Morgan fingerprint density at radius 3 is 3.11 bits per heavy atom. The number of fused-ring (bicyclic) bond motifs is 1. The quantitative estimate of drug-likeness (QED) is 0.472. The Kier molecular flexibility index (Phi) is 0.913. The van der Waals surface area contributed by atoms with Crippen molar-refractivity contribution in [2.45, 2.75) is 18.7 Å². The van der Waals surface area contributed by atoms with Gasteiger partial charge in [-0.05, 0) is 12.3 Å². The topological polar surface area (TPSA) is 20.3 Å². The second kappa shape index (κ2) is 1.53. The lowest BCUT2D eigenvalue weighted by Gasteiger charge is -2.34. The zero-order valence-corrected chi connectivity index (χ0v) is 5.94. The van der Waals surface area contributed by atoms with Crippen LogP contribution in [0.4, 0.5) is 0 Å². The van der Waals surface area contributed by atoms with Crippen LogP contribution in [-0.2, 0) is 4.79 Å². The number of β-lactam (4-membered cyclic amide) rings is 1. The van der Waals surface area contributed by atoms with Crippen LogP contribution in [0.15, 0.2) is 11.1 Å². The lowest BCUT2D eigenvalue weighted by molar-refractivity contribution is -0.138. The normalized spacial score (nSPS) is 31.7. The standard InChI is InChI=1S/C6H7NOS/c1-4-3-9-6-2-5(8)7(4)6/h3,6H,2H2,1H3/t6-/m0/s1. The summed E-state index contributed by atoms with van der Waals surface area (Å²) in [6, 6.07) is 0. The molecule has 0 aromatic carbocycles. The number of nitrogens with zero attached hydrogens (tertiary/aromatic N) is 1. The van der Waals surface area contributed by atoms with Gasteiger partial charge >= 0.3 is 0 Å². The minimum atomic E-state index is 0.277. The van der Waals surface area contributed by atoms with Crippen LogP contribution in [0.3, 0.4) is 0 Å². The second-order valence-electron chi connectivity index (χ2n) is 2.32. The van der Waals surface area contributed by atoms with Crippen LogP contribution < -0.4 is 0 Å². The molecule has 2 heterocycles. The third kappa shape index (κ3) is 0.553. The molecule has 9 heavy (non-hydrogen) atoms. The third-order valence-corrected chi connectivity index (χ3v) is 2.85. The molecule has 0 saturated carbocycles. The van der Waals surface area contributed by atoms with Gasteiger partial charge in [-0.25, -0.2) is 0 Å². The van der Waals surface area contributed by atoms with Crippen molar-refractivity contribution in [2.24, 2.45) is 0 Å². The van der Waals surface area contributed by atoms with Crippen LogP contribution in [0, 0.1) is 0 Å². The van der Waals surface area contributed by atoms with Crippen molar-refractivity contribution in [2.75, 3.05) is 0 Å². The Bertz CT molecular complexity index is 199. The third-order valence-electron chi connectivity index (χ3n) is 1.68. The Morgan fingerprint density at radius 1 is 1.89 bits per heavy atom. The van der Waals surface area contributed by atoms with E-state index in [1.165, 1.54) is 0 Å². The highest BCUT2D eigenvalue weighted by molar-refractivity contribution is 8.03. The monoisotopic (exact) mass is 141 g/mol. The summed E-state index contributed by atoms with van der Waals surface area (Å²) >= 11 is 1.75. The van der Waals surface area contributed by atoms with Crippen LogP contribution in [0.5, 0.6) is 0 Å². The van der Waals surface area contributed by atoms with Crippen molar-refractivity contribution < 1.29 is 4.79 Å². The molecular formula is C6H7NOS. The van der Waals surface area contributed by atoms with Crippen molar-refractivity contribution in [1.82, 2.24) is 4.90 Å². The number of thioether (sulfide) groups is 1. The van der Waals surface area contributed by atoms with Gasteiger partial charge in [-0.1, -0.05) is 0 Å². The molecule has 0 N–H and O–H groups in total. The molecule has 2 aliphatic heterocycles. The first-order valence-electron chi connectivity index (χ1n) is 2.93. The maximum Gasteiger partial charge on any atom is 0.230 e. The molecule has 1 amide bonds. The molecular weight excluding hydrogens is 134 g/mol. The highest BCUT2D eigenvalue weighted by Gasteiger charge is 2.40. The summed E-state index contributed by atoms with van der Waals surface area (Å²) in [5, 5.41) is 2.51. The van der Waals surface area contributed by atoms with Crippen LogP contribution in [0.2, 0.25) is 0 Å². The molecule has 2 rings (SSSR count). The zero-order valence-electron chi connectivity index (χ0n) is 5.13. The van der Waals surface area contributed by atoms with Crippen molar-refractivity contribution in [3.8, 4) is 0 Å². The Hall–Kier alpha value is -0.440. The average molecular weight is 141 g/mol. The first-order chi connectivity index (χ1) is 4.29. The van der Waals surface area contributed by atoms with Gasteiger partial charge in [0.15, 0.2) is 0 Å². The van der Waals surface area contributed by atoms with Gasteiger partial charge in [0.05, 0.1) is 11.8 Å². The maximum atomic E-state index is 10.8. The van der Waals surface area contributed by atoms with E-state index in [1.54, 1.807) is 11.8 Å². The van der Waals surface area contributed by atoms with E-state index < -0.39 is 0 Å². The van der Waals surface area contributed by atoms with Gasteiger partial charge in [0.25, 0.3) is 0 Å². The highest BCUT2D eigenvalue weighted by Crippen LogP contribution is 2.39. The Balaban J connectivity index is 2.24. The van der Waals surface area contributed by atoms with E-state index in [2.05, 4.69) is 5.41 Å². The van der Waals surface area contributed by atoms with Crippen molar-refractivity contribution >= 4 is 17.7 Å². The zero-order chi connectivity index (χ0) is 6.43. The summed E-state index contributed by atoms with van der Waals surface area (Å²) in [4.78, 5) is 12.6. The number of rotatable bonds is 0. The maximum absolute atomic E-state index is 10.8. The van der Waals surface area contributed by atoms with E-state index in [4.69, 9.17) is 0 Å². The molecule has 2 nitrogen and oxygen atoms in total. The second-order valence-corrected chi connectivity index (χ2v) is 3.37. The molecule has 0 bridgehead atoms. The minimum Gasteiger partial charge on any atom is -0.303 e. The van der Waals surface area contributed by atoms with E-state index in [1.807, 2.05) is 11.8 Å². The van der Waals surface area contributed by atoms with E-state index in [-0.39, 0.29) is 5.91 Å². The first-order valence-corrected chi connectivity index (χ1v) is 3.87. The average Bonchev–Trinajstić information content (AvgIpc) is 2.04. The van der Waals surface area contributed by atoms with Gasteiger partial charge in [-0.3, -0.25) is 4.79 Å². The Labute approximate surface area is 57.9 Å². The van der Waals surface area contributed by atoms with Crippen LogP contribution in [0.1, 0.15) is 13.3 Å².